The average Bonchev–Trinajstić information content (AvgIpc) is 2.41. The summed E-state index contributed by atoms with van der Waals surface area (Å²) in [6, 6.07) is 0. The predicted octanol–water partition coefficient (Wildman–Crippen LogP) is 1.75. The van der Waals surface area contributed by atoms with E-state index in [0.717, 1.165) is 11.7 Å². The fourth-order valence-electron chi connectivity index (χ4n) is 0.622. The molecule has 0 amide bonds. The van der Waals surface area contributed by atoms with Crippen LogP contribution >= 0.6 is 11.3 Å². The van der Waals surface area contributed by atoms with Crippen molar-refractivity contribution in [1.29, 1.82) is 0 Å². The molecular weight excluding hydrogens is 146 g/mol. The van der Waals surface area contributed by atoms with Crippen molar-refractivity contribution in [2.75, 3.05) is 11.9 Å². The Hall–Kier alpha value is -0.640. The molecule has 0 spiro atoms. The number of hydrogen-bond donors (Lipinski definition) is 1. The molecule has 1 N–H and O–H groups in total. The molecule has 3 nitrogen and oxygen atoms in total. The van der Waals surface area contributed by atoms with Crippen LogP contribution in [-0.4, -0.2) is 16.7 Å². The Balaban J connectivity index is 2.15. The molecule has 56 valence electrons. The van der Waals surface area contributed by atoms with Crippen molar-refractivity contribution in [1.82, 2.24) is 10.2 Å². The van der Waals surface area contributed by atoms with Crippen molar-refractivity contribution in [3.63, 3.8) is 0 Å². The quantitative estimate of drug-likeness (QED) is 0.677. The molecule has 1 heterocycles. The van der Waals surface area contributed by atoms with Gasteiger partial charge in [0.15, 0.2) is 0 Å². The van der Waals surface area contributed by atoms with E-state index in [0.29, 0.717) is 0 Å². The zero-order chi connectivity index (χ0) is 7.23. The van der Waals surface area contributed by atoms with Gasteiger partial charge in [0.25, 0.3) is 0 Å². The number of anilines is 1. The standard InChI is InChI=1S/C6H11N3S/c1-2-3-4-7-6-9-8-5-10-6/h5H,2-4H2,1H3,(H,7,9). The summed E-state index contributed by atoms with van der Waals surface area (Å²) >= 11 is 1.54. The highest BCUT2D eigenvalue weighted by Crippen LogP contribution is 2.07. The minimum absolute atomic E-state index is 0.924. The van der Waals surface area contributed by atoms with E-state index < -0.39 is 0 Å². The second kappa shape index (κ2) is 4.22. The third-order valence-electron chi connectivity index (χ3n) is 1.17. The van der Waals surface area contributed by atoms with E-state index in [9.17, 15) is 0 Å². The summed E-state index contributed by atoms with van der Waals surface area (Å²) < 4.78 is 0. The van der Waals surface area contributed by atoms with E-state index in [2.05, 4.69) is 22.4 Å². The molecule has 4 heteroatoms. The fraction of sp³-hybridized carbons (Fsp3) is 0.667. The molecule has 1 aromatic rings. The van der Waals surface area contributed by atoms with Crippen molar-refractivity contribution in [3.05, 3.63) is 5.51 Å². The Labute approximate surface area is 64.5 Å². The van der Waals surface area contributed by atoms with E-state index in [1.807, 2.05) is 0 Å². The van der Waals surface area contributed by atoms with Crippen molar-refractivity contribution in [2.24, 2.45) is 0 Å². The molecule has 10 heavy (non-hydrogen) atoms. The Kier molecular flexibility index (Phi) is 3.15. The maximum absolute atomic E-state index is 3.85. The van der Waals surface area contributed by atoms with Crippen molar-refractivity contribution >= 4 is 16.5 Å². The van der Waals surface area contributed by atoms with Crippen LogP contribution in [0.3, 0.4) is 0 Å². The van der Waals surface area contributed by atoms with Crippen LogP contribution in [-0.2, 0) is 0 Å². The molecule has 0 aliphatic carbocycles. The highest BCUT2D eigenvalue weighted by Gasteiger charge is 1.91. The number of rotatable bonds is 4. The number of hydrogen-bond acceptors (Lipinski definition) is 4. The van der Waals surface area contributed by atoms with Gasteiger partial charge in [0, 0.05) is 6.54 Å². The van der Waals surface area contributed by atoms with Crippen LogP contribution in [0.2, 0.25) is 0 Å². The van der Waals surface area contributed by atoms with Crippen LogP contribution in [0.25, 0.3) is 0 Å². The molecule has 0 aromatic carbocycles. The van der Waals surface area contributed by atoms with Gasteiger partial charge in [0.1, 0.15) is 5.51 Å². The van der Waals surface area contributed by atoms with Gasteiger partial charge in [-0.05, 0) is 6.42 Å². The fourth-order valence-corrected chi connectivity index (χ4v) is 1.10. The molecular formula is C6H11N3S. The third kappa shape index (κ3) is 2.31. The van der Waals surface area contributed by atoms with Crippen LogP contribution in [0.4, 0.5) is 5.13 Å². The first kappa shape index (κ1) is 7.47. The first-order chi connectivity index (χ1) is 4.93. The van der Waals surface area contributed by atoms with Gasteiger partial charge in [-0.2, -0.15) is 0 Å². The summed E-state index contributed by atoms with van der Waals surface area (Å²) in [6.45, 7) is 3.17. The molecule has 0 unspecified atom stereocenters. The summed E-state index contributed by atoms with van der Waals surface area (Å²) in [6.07, 6.45) is 2.41. The van der Waals surface area contributed by atoms with Crippen LogP contribution < -0.4 is 5.32 Å². The zero-order valence-electron chi connectivity index (χ0n) is 6.00. The minimum atomic E-state index is 0.924. The molecule has 0 aliphatic heterocycles. The summed E-state index contributed by atoms with van der Waals surface area (Å²) in [5.41, 5.74) is 1.73. The largest absolute Gasteiger partial charge is 0.360 e. The molecule has 0 atom stereocenters. The molecule has 0 saturated heterocycles. The van der Waals surface area contributed by atoms with E-state index in [-0.39, 0.29) is 0 Å². The zero-order valence-corrected chi connectivity index (χ0v) is 6.82. The molecule has 1 rings (SSSR count). The van der Waals surface area contributed by atoms with Gasteiger partial charge >= 0.3 is 0 Å². The second-order valence-corrected chi connectivity index (χ2v) is 2.86. The number of unbranched alkanes of at least 4 members (excludes halogenated alkanes) is 1. The van der Waals surface area contributed by atoms with E-state index in [1.165, 1.54) is 12.8 Å². The summed E-state index contributed by atoms with van der Waals surface area (Å²) in [5.74, 6) is 0. The van der Waals surface area contributed by atoms with Crippen LogP contribution in [0.15, 0.2) is 5.51 Å². The van der Waals surface area contributed by atoms with E-state index in [1.54, 1.807) is 16.8 Å². The Morgan fingerprint density at radius 3 is 3.20 bits per heavy atom. The summed E-state index contributed by atoms with van der Waals surface area (Å²) in [4.78, 5) is 0. The number of nitrogens with one attached hydrogen (secondary N) is 1. The second-order valence-electron chi connectivity index (χ2n) is 2.02. The van der Waals surface area contributed by atoms with Gasteiger partial charge in [-0.25, -0.2) is 0 Å². The van der Waals surface area contributed by atoms with E-state index >= 15 is 0 Å². The van der Waals surface area contributed by atoms with Crippen LogP contribution in [0, 0.1) is 0 Å². The van der Waals surface area contributed by atoms with Crippen molar-refractivity contribution < 1.29 is 0 Å². The van der Waals surface area contributed by atoms with Gasteiger partial charge in [-0.15, -0.1) is 10.2 Å². The first-order valence-corrected chi connectivity index (χ1v) is 4.31. The van der Waals surface area contributed by atoms with Gasteiger partial charge in [0.05, 0.1) is 0 Å². The monoisotopic (exact) mass is 157 g/mol. The molecule has 0 bridgehead atoms. The van der Waals surface area contributed by atoms with Crippen molar-refractivity contribution in [3.8, 4) is 0 Å². The highest BCUT2D eigenvalue weighted by molar-refractivity contribution is 7.13. The highest BCUT2D eigenvalue weighted by atomic mass is 32.1. The minimum Gasteiger partial charge on any atom is -0.360 e. The normalized spacial score (nSPS) is 9.70. The maximum Gasteiger partial charge on any atom is 0.205 e. The number of aromatic nitrogens is 2. The molecule has 0 saturated carbocycles. The molecule has 0 fully saturated rings. The van der Waals surface area contributed by atoms with Crippen LogP contribution in [0.1, 0.15) is 19.8 Å². The van der Waals surface area contributed by atoms with Crippen molar-refractivity contribution in [2.45, 2.75) is 19.8 Å². The lowest BCUT2D eigenvalue weighted by Gasteiger charge is -1.97. The van der Waals surface area contributed by atoms with Gasteiger partial charge in [-0.3, -0.25) is 0 Å². The average molecular weight is 157 g/mol. The van der Waals surface area contributed by atoms with Gasteiger partial charge < -0.3 is 5.32 Å². The van der Waals surface area contributed by atoms with Gasteiger partial charge in [-0.1, -0.05) is 24.7 Å². The molecule has 1 aromatic heterocycles. The lowest BCUT2D eigenvalue weighted by molar-refractivity contribution is 0.831. The van der Waals surface area contributed by atoms with Gasteiger partial charge in [0.2, 0.25) is 5.13 Å². The molecule has 0 radical (unpaired) electrons. The lowest BCUT2D eigenvalue weighted by atomic mass is 10.3. The summed E-state index contributed by atoms with van der Waals surface area (Å²) in [7, 11) is 0. The third-order valence-corrected chi connectivity index (χ3v) is 1.82. The lowest BCUT2D eigenvalue weighted by Crippen LogP contribution is -1.99. The first-order valence-electron chi connectivity index (χ1n) is 3.43. The maximum atomic E-state index is 3.85. The predicted molar refractivity (Wildman–Crippen MR) is 43.3 cm³/mol. The smallest absolute Gasteiger partial charge is 0.205 e. The van der Waals surface area contributed by atoms with E-state index in [4.69, 9.17) is 0 Å². The Bertz CT molecular complexity index is 162. The topological polar surface area (TPSA) is 37.8 Å². The number of nitrogens with zero attached hydrogens (tertiary/aromatic N) is 2. The van der Waals surface area contributed by atoms with Crippen LogP contribution in [0.5, 0.6) is 0 Å². The molecule has 0 aliphatic rings. The SMILES string of the molecule is CCCCNc1nncs1. The summed E-state index contributed by atoms with van der Waals surface area (Å²) in [5, 5.41) is 11.6. The Morgan fingerprint density at radius 1 is 1.70 bits per heavy atom. The Morgan fingerprint density at radius 2 is 2.60 bits per heavy atom.